The number of nitrogen functional groups attached to an aromatic ring is 1. The Bertz CT molecular complexity index is 1250. The first kappa shape index (κ1) is 21.0. The first-order valence-electron chi connectivity index (χ1n) is 8.83. The van der Waals surface area contributed by atoms with E-state index in [1.807, 2.05) is 0 Å². The molecule has 14 heteroatoms. The third-order valence-corrected chi connectivity index (χ3v) is 5.55. The topological polar surface area (TPSA) is 180 Å². The molecule has 0 radical (unpaired) electrons. The zero-order valence-corrected chi connectivity index (χ0v) is 16.4. The fourth-order valence-corrected chi connectivity index (χ4v) is 3.68. The average Bonchev–Trinajstić information content (AvgIpc) is 3.28. The third-order valence-electron chi connectivity index (χ3n) is 4.73. The van der Waals surface area contributed by atoms with Gasteiger partial charge in [-0.1, -0.05) is 6.07 Å². The summed E-state index contributed by atoms with van der Waals surface area (Å²) in [5, 5.41) is 20.7. The lowest BCUT2D eigenvalue weighted by molar-refractivity contribution is -0.0565. The number of benzene rings is 1. The summed E-state index contributed by atoms with van der Waals surface area (Å²) < 4.78 is 47.1. The molecule has 2 aromatic heterocycles. The number of anilines is 1. The lowest BCUT2D eigenvalue weighted by Crippen LogP contribution is -2.34. The number of aliphatic hydroxyl groups is 2. The van der Waals surface area contributed by atoms with Crippen LogP contribution in [0.2, 0.25) is 0 Å². The smallest absolute Gasteiger partial charge is 0.338 e. The zero-order valence-electron chi connectivity index (χ0n) is 15.6. The van der Waals surface area contributed by atoms with Gasteiger partial charge in [-0.3, -0.25) is 4.57 Å². The van der Waals surface area contributed by atoms with Gasteiger partial charge >= 0.3 is 16.2 Å². The average molecular weight is 453 g/mol. The van der Waals surface area contributed by atoms with Crippen LogP contribution in [0.4, 0.5) is 9.70 Å². The minimum Gasteiger partial charge on any atom is -0.459 e. The minimum atomic E-state index is -4.99. The molecule has 3 heterocycles. The lowest BCUT2D eigenvalue weighted by atomic mass is 10.1. The number of imidazole rings is 1. The molecule has 1 aromatic carbocycles. The number of esters is 1. The molecular weight excluding hydrogens is 437 g/mol. The van der Waals surface area contributed by atoms with Crippen LogP contribution in [-0.2, 0) is 19.7 Å². The molecule has 12 nitrogen and oxygen atoms in total. The zero-order chi connectivity index (χ0) is 22.3. The van der Waals surface area contributed by atoms with E-state index in [9.17, 15) is 27.3 Å². The van der Waals surface area contributed by atoms with Crippen LogP contribution in [0.3, 0.4) is 0 Å². The van der Waals surface area contributed by atoms with Crippen molar-refractivity contribution in [1.82, 2.24) is 19.5 Å². The number of hydrogen-bond acceptors (Lipinski definition) is 11. The Labute approximate surface area is 174 Å². The standard InChI is InChI=1S/C17H16FN5O7S/c18-31(27,28)9-3-1-2-8(4-9)17(26)29-5-10-12(24)13(25)16(30-10)23-7-22-11-14(19)20-6-21-15(11)23/h1-4,6-7,10,12-13,16,24-25H,5H2,(H2,19,20,21)/t10-,12-,13-,16-/m1/s1. The van der Waals surface area contributed by atoms with Gasteiger partial charge in [0.05, 0.1) is 16.8 Å². The number of nitrogens with zero attached hydrogens (tertiary/aromatic N) is 4. The molecule has 1 fully saturated rings. The van der Waals surface area contributed by atoms with Gasteiger partial charge < -0.3 is 25.4 Å². The molecule has 0 aliphatic carbocycles. The predicted molar refractivity (Wildman–Crippen MR) is 101 cm³/mol. The molecule has 4 N–H and O–H groups in total. The first-order chi connectivity index (χ1) is 14.7. The maximum atomic E-state index is 13.1. The van der Waals surface area contributed by atoms with Crippen molar-refractivity contribution in [3.05, 3.63) is 42.5 Å². The normalized spacial score (nSPS) is 23.8. The van der Waals surface area contributed by atoms with E-state index in [2.05, 4.69) is 15.0 Å². The van der Waals surface area contributed by atoms with Gasteiger partial charge in [0.1, 0.15) is 36.8 Å². The van der Waals surface area contributed by atoms with Gasteiger partial charge in [0.25, 0.3) is 0 Å². The number of carbonyl (C=O) groups is 1. The largest absolute Gasteiger partial charge is 0.459 e. The highest BCUT2D eigenvalue weighted by atomic mass is 32.3. The van der Waals surface area contributed by atoms with Crippen LogP contribution < -0.4 is 5.73 Å². The van der Waals surface area contributed by atoms with Crippen LogP contribution in [0, 0.1) is 0 Å². The van der Waals surface area contributed by atoms with Crippen LogP contribution in [0.25, 0.3) is 11.2 Å². The second-order valence-corrected chi connectivity index (χ2v) is 8.04. The summed E-state index contributed by atoms with van der Waals surface area (Å²) >= 11 is 0. The van der Waals surface area contributed by atoms with Crippen LogP contribution in [0.15, 0.2) is 41.8 Å². The Hall–Kier alpha value is -3.20. The van der Waals surface area contributed by atoms with Gasteiger partial charge in [0, 0.05) is 0 Å². The number of aromatic nitrogens is 4. The molecule has 0 saturated carbocycles. The van der Waals surface area contributed by atoms with Crippen molar-refractivity contribution in [2.75, 3.05) is 12.3 Å². The van der Waals surface area contributed by atoms with Gasteiger partial charge in [-0.2, -0.15) is 8.42 Å². The molecular formula is C17H16FN5O7S. The minimum absolute atomic E-state index is 0.125. The molecule has 1 aliphatic rings. The summed E-state index contributed by atoms with van der Waals surface area (Å²) in [6.07, 6.45) is -2.53. The van der Waals surface area contributed by atoms with E-state index in [-0.39, 0.29) is 22.5 Å². The molecule has 4 rings (SSSR count). The maximum Gasteiger partial charge on any atom is 0.338 e. The number of aliphatic hydroxyl groups excluding tert-OH is 2. The molecule has 0 unspecified atom stereocenters. The number of ether oxygens (including phenoxy) is 2. The van der Waals surface area contributed by atoms with Crippen molar-refractivity contribution in [3.8, 4) is 0 Å². The highest BCUT2D eigenvalue weighted by molar-refractivity contribution is 7.86. The molecule has 0 bridgehead atoms. The number of rotatable bonds is 5. The highest BCUT2D eigenvalue weighted by Gasteiger charge is 2.45. The van der Waals surface area contributed by atoms with E-state index in [1.165, 1.54) is 29.4 Å². The second kappa shape index (κ2) is 7.81. The second-order valence-electron chi connectivity index (χ2n) is 6.69. The van der Waals surface area contributed by atoms with Crippen LogP contribution in [0.1, 0.15) is 16.6 Å². The highest BCUT2D eigenvalue weighted by Crippen LogP contribution is 2.32. The van der Waals surface area contributed by atoms with E-state index in [1.54, 1.807) is 0 Å². The molecule has 164 valence electrons. The van der Waals surface area contributed by atoms with Crippen LogP contribution in [0.5, 0.6) is 0 Å². The van der Waals surface area contributed by atoms with Crippen molar-refractivity contribution in [1.29, 1.82) is 0 Å². The van der Waals surface area contributed by atoms with Gasteiger partial charge in [-0.15, -0.1) is 3.89 Å². The summed E-state index contributed by atoms with van der Waals surface area (Å²) in [6.45, 7) is -0.468. The van der Waals surface area contributed by atoms with Crippen molar-refractivity contribution in [3.63, 3.8) is 0 Å². The quantitative estimate of drug-likeness (QED) is 0.336. The molecule has 3 aromatic rings. The number of fused-ring (bicyclic) bond motifs is 1. The lowest BCUT2D eigenvalue weighted by Gasteiger charge is -2.16. The SMILES string of the molecule is Nc1ncnc2c1ncn2[C@@H]1O[C@H](COC(=O)c2cccc(S(=O)(=O)F)c2)[C@@H](O)[C@H]1O. The fourth-order valence-electron chi connectivity index (χ4n) is 3.17. The molecule has 1 saturated heterocycles. The number of carbonyl (C=O) groups excluding carboxylic acids is 1. The van der Waals surface area contributed by atoms with Crippen molar-refractivity contribution < 1.29 is 36.8 Å². The van der Waals surface area contributed by atoms with E-state index in [0.29, 0.717) is 0 Å². The monoisotopic (exact) mass is 453 g/mol. The Morgan fingerprint density at radius 3 is 2.77 bits per heavy atom. The summed E-state index contributed by atoms with van der Waals surface area (Å²) in [7, 11) is -4.99. The summed E-state index contributed by atoms with van der Waals surface area (Å²) in [4.78, 5) is 23.4. The molecule has 1 aliphatic heterocycles. The van der Waals surface area contributed by atoms with Gasteiger partial charge in [-0.25, -0.2) is 19.7 Å². The van der Waals surface area contributed by atoms with Gasteiger partial charge in [0.15, 0.2) is 17.7 Å². The van der Waals surface area contributed by atoms with Crippen molar-refractivity contribution in [2.45, 2.75) is 29.4 Å². The third kappa shape index (κ3) is 3.93. The number of halogens is 1. The number of nitrogens with two attached hydrogens (primary N) is 1. The Balaban J connectivity index is 1.48. The van der Waals surface area contributed by atoms with Gasteiger partial charge in [0.2, 0.25) is 0 Å². The molecule has 4 atom stereocenters. The molecule has 0 amide bonds. The van der Waals surface area contributed by atoms with E-state index in [0.717, 1.165) is 12.1 Å². The van der Waals surface area contributed by atoms with Crippen LogP contribution >= 0.6 is 0 Å². The van der Waals surface area contributed by atoms with Crippen molar-refractivity contribution in [2.24, 2.45) is 0 Å². The molecule has 31 heavy (non-hydrogen) atoms. The summed E-state index contributed by atoms with van der Waals surface area (Å²) in [5.41, 5.74) is 6.07. The van der Waals surface area contributed by atoms with E-state index in [4.69, 9.17) is 15.2 Å². The number of hydrogen-bond donors (Lipinski definition) is 3. The first-order valence-corrected chi connectivity index (χ1v) is 10.2. The van der Waals surface area contributed by atoms with E-state index >= 15 is 0 Å². The Morgan fingerprint density at radius 2 is 2.03 bits per heavy atom. The van der Waals surface area contributed by atoms with Gasteiger partial charge in [-0.05, 0) is 18.2 Å². The fraction of sp³-hybridized carbons (Fsp3) is 0.294. The van der Waals surface area contributed by atoms with E-state index < -0.39 is 52.2 Å². The summed E-state index contributed by atoms with van der Waals surface area (Å²) in [5.74, 6) is -0.840. The predicted octanol–water partition coefficient (Wildman–Crippen LogP) is -0.457. The Kier molecular flexibility index (Phi) is 5.30. The Morgan fingerprint density at radius 1 is 1.26 bits per heavy atom. The summed E-state index contributed by atoms with van der Waals surface area (Å²) in [6, 6.07) is 4.23. The van der Waals surface area contributed by atoms with Crippen LogP contribution in [-0.4, -0.2) is 69.0 Å². The maximum absolute atomic E-state index is 13.1. The molecule has 0 spiro atoms. The van der Waals surface area contributed by atoms with Crippen molar-refractivity contribution >= 4 is 33.2 Å².